The number of halogens is 1. The van der Waals surface area contributed by atoms with E-state index in [4.69, 9.17) is 16.7 Å². The normalized spacial score (nSPS) is 11.2. The fourth-order valence-corrected chi connectivity index (χ4v) is 2.00. The Bertz CT molecular complexity index is 421. The van der Waals surface area contributed by atoms with Gasteiger partial charge in [0.15, 0.2) is 0 Å². The molecule has 100 valence electrons. The topological polar surface area (TPSA) is 60.8 Å². The number of hydrogen-bond acceptors (Lipinski definition) is 3. The van der Waals surface area contributed by atoms with E-state index in [-0.39, 0.29) is 17.3 Å². The minimum atomic E-state index is -0.847. The van der Waals surface area contributed by atoms with Gasteiger partial charge in [0.1, 0.15) is 5.75 Å². The van der Waals surface area contributed by atoms with E-state index in [2.05, 4.69) is 0 Å². The van der Waals surface area contributed by atoms with Crippen LogP contribution in [0.3, 0.4) is 0 Å². The lowest BCUT2D eigenvalue weighted by atomic mass is 10.1. The molecule has 0 aromatic heterocycles. The smallest absolute Gasteiger partial charge is 0.317 e. The summed E-state index contributed by atoms with van der Waals surface area (Å²) in [4.78, 5) is 12.6. The SMILES string of the molecule is CC(C)CN(CC(=O)O)Cc1ccc(O)c(Cl)c1. The summed E-state index contributed by atoms with van der Waals surface area (Å²) < 4.78 is 0. The third-order valence-electron chi connectivity index (χ3n) is 2.40. The molecule has 0 aliphatic rings. The van der Waals surface area contributed by atoms with Crippen LogP contribution in [0.5, 0.6) is 5.75 Å². The first-order valence-electron chi connectivity index (χ1n) is 5.80. The highest BCUT2D eigenvalue weighted by Crippen LogP contribution is 2.24. The van der Waals surface area contributed by atoms with Crippen LogP contribution in [0, 0.1) is 5.92 Å². The Labute approximate surface area is 112 Å². The van der Waals surface area contributed by atoms with Crippen LogP contribution in [0.15, 0.2) is 18.2 Å². The molecule has 0 spiro atoms. The van der Waals surface area contributed by atoms with Gasteiger partial charge in [0.2, 0.25) is 0 Å². The highest BCUT2D eigenvalue weighted by molar-refractivity contribution is 6.32. The zero-order chi connectivity index (χ0) is 13.7. The molecule has 0 saturated heterocycles. The number of aliphatic carboxylic acids is 1. The van der Waals surface area contributed by atoms with Gasteiger partial charge < -0.3 is 10.2 Å². The van der Waals surface area contributed by atoms with Gasteiger partial charge in [-0.15, -0.1) is 0 Å². The van der Waals surface area contributed by atoms with E-state index < -0.39 is 5.97 Å². The van der Waals surface area contributed by atoms with E-state index in [0.717, 1.165) is 5.56 Å². The second kappa shape index (κ2) is 6.61. The van der Waals surface area contributed by atoms with Crippen LogP contribution < -0.4 is 0 Å². The zero-order valence-corrected chi connectivity index (χ0v) is 11.3. The maximum absolute atomic E-state index is 10.8. The molecule has 1 aromatic carbocycles. The van der Waals surface area contributed by atoms with E-state index in [1.54, 1.807) is 12.1 Å². The van der Waals surface area contributed by atoms with E-state index in [1.165, 1.54) is 6.07 Å². The van der Waals surface area contributed by atoms with Crippen molar-refractivity contribution in [1.29, 1.82) is 0 Å². The molecule has 0 saturated carbocycles. The third-order valence-corrected chi connectivity index (χ3v) is 2.70. The average Bonchev–Trinajstić information content (AvgIpc) is 2.21. The maximum atomic E-state index is 10.8. The van der Waals surface area contributed by atoms with E-state index >= 15 is 0 Å². The first-order chi connectivity index (χ1) is 8.38. The second-order valence-electron chi connectivity index (χ2n) is 4.74. The lowest BCUT2D eigenvalue weighted by Gasteiger charge is -2.22. The standard InChI is InChI=1S/C13H18ClNO3/c1-9(2)6-15(8-13(17)18)7-10-3-4-12(16)11(14)5-10/h3-5,9,16H,6-8H2,1-2H3,(H,17,18). The number of nitrogens with zero attached hydrogens (tertiary/aromatic N) is 1. The highest BCUT2D eigenvalue weighted by atomic mass is 35.5. The van der Waals surface area contributed by atoms with Gasteiger partial charge in [-0.25, -0.2) is 0 Å². The number of benzene rings is 1. The number of hydrogen-bond donors (Lipinski definition) is 2. The molecule has 0 radical (unpaired) electrons. The van der Waals surface area contributed by atoms with Gasteiger partial charge in [0, 0.05) is 13.1 Å². The van der Waals surface area contributed by atoms with Crippen LogP contribution in [-0.2, 0) is 11.3 Å². The minimum absolute atomic E-state index is 0.00330. The fourth-order valence-electron chi connectivity index (χ4n) is 1.80. The van der Waals surface area contributed by atoms with Crippen LogP contribution in [0.4, 0.5) is 0 Å². The van der Waals surface area contributed by atoms with E-state index in [0.29, 0.717) is 19.0 Å². The van der Waals surface area contributed by atoms with Gasteiger partial charge >= 0.3 is 5.97 Å². The van der Waals surface area contributed by atoms with Crippen molar-refractivity contribution in [1.82, 2.24) is 4.90 Å². The van der Waals surface area contributed by atoms with Gasteiger partial charge in [0.05, 0.1) is 11.6 Å². The Morgan fingerprint density at radius 1 is 1.44 bits per heavy atom. The second-order valence-corrected chi connectivity index (χ2v) is 5.15. The molecule has 0 fully saturated rings. The molecule has 0 heterocycles. The van der Waals surface area contributed by atoms with Crippen LogP contribution in [-0.4, -0.2) is 34.2 Å². The molecular formula is C13H18ClNO3. The van der Waals surface area contributed by atoms with Gasteiger partial charge in [-0.3, -0.25) is 9.69 Å². The maximum Gasteiger partial charge on any atom is 0.317 e. The van der Waals surface area contributed by atoms with Crippen LogP contribution >= 0.6 is 11.6 Å². The molecule has 0 amide bonds. The van der Waals surface area contributed by atoms with Gasteiger partial charge in [-0.2, -0.15) is 0 Å². The van der Waals surface area contributed by atoms with Crippen LogP contribution in [0.1, 0.15) is 19.4 Å². The van der Waals surface area contributed by atoms with Crippen molar-refractivity contribution in [2.24, 2.45) is 5.92 Å². The Kier molecular flexibility index (Phi) is 5.44. The van der Waals surface area contributed by atoms with E-state index in [1.807, 2.05) is 18.7 Å². The minimum Gasteiger partial charge on any atom is -0.506 e. The average molecular weight is 272 g/mol. The highest BCUT2D eigenvalue weighted by Gasteiger charge is 2.12. The molecule has 1 rings (SSSR count). The predicted octanol–water partition coefficient (Wildman–Crippen LogP) is 2.59. The van der Waals surface area contributed by atoms with Gasteiger partial charge in [-0.1, -0.05) is 31.5 Å². The summed E-state index contributed by atoms with van der Waals surface area (Å²) in [7, 11) is 0. The molecule has 0 atom stereocenters. The number of rotatable bonds is 6. The zero-order valence-electron chi connectivity index (χ0n) is 10.6. The molecule has 1 aromatic rings. The molecule has 2 N–H and O–H groups in total. The predicted molar refractivity (Wildman–Crippen MR) is 70.9 cm³/mol. The van der Waals surface area contributed by atoms with Crippen molar-refractivity contribution in [2.45, 2.75) is 20.4 Å². The Hall–Kier alpha value is -1.26. The molecule has 0 bridgehead atoms. The summed E-state index contributed by atoms with van der Waals surface area (Å²) in [5.74, 6) is -0.425. The lowest BCUT2D eigenvalue weighted by molar-refractivity contribution is -0.138. The number of phenols is 1. The third kappa shape index (κ3) is 4.94. The van der Waals surface area contributed by atoms with Crippen molar-refractivity contribution in [3.63, 3.8) is 0 Å². The largest absolute Gasteiger partial charge is 0.506 e. The van der Waals surface area contributed by atoms with Crippen molar-refractivity contribution >= 4 is 17.6 Å². The van der Waals surface area contributed by atoms with Crippen molar-refractivity contribution < 1.29 is 15.0 Å². The summed E-state index contributed by atoms with van der Waals surface area (Å²) in [5, 5.41) is 18.5. The van der Waals surface area contributed by atoms with Gasteiger partial charge in [-0.05, 0) is 23.6 Å². The number of carboxylic acids is 1. The lowest BCUT2D eigenvalue weighted by Crippen LogP contribution is -2.32. The number of phenolic OH excluding ortho intramolecular Hbond substituents is 1. The summed E-state index contributed by atoms with van der Waals surface area (Å²) in [6.07, 6.45) is 0. The summed E-state index contributed by atoms with van der Waals surface area (Å²) in [6.45, 7) is 5.28. The number of carbonyl (C=O) groups is 1. The molecule has 0 aliphatic carbocycles. The van der Waals surface area contributed by atoms with Crippen molar-refractivity contribution in [2.75, 3.05) is 13.1 Å². The monoisotopic (exact) mass is 271 g/mol. The first-order valence-corrected chi connectivity index (χ1v) is 6.18. The summed E-state index contributed by atoms with van der Waals surface area (Å²) >= 11 is 5.82. The first kappa shape index (κ1) is 14.8. The number of aromatic hydroxyl groups is 1. The Morgan fingerprint density at radius 3 is 2.61 bits per heavy atom. The number of carboxylic acid groups (broad SMARTS) is 1. The molecule has 18 heavy (non-hydrogen) atoms. The van der Waals surface area contributed by atoms with Crippen molar-refractivity contribution in [3.05, 3.63) is 28.8 Å². The Morgan fingerprint density at radius 2 is 2.11 bits per heavy atom. The van der Waals surface area contributed by atoms with Crippen LogP contribution in [0.2, 0.25) is 5.02 Å². The molecule has 4 nitrogen and oxygen atoms in total. The van der Waals surface area contributed by atoms with Crippen LogP contribution in [0.25, 0.3) is 0 Å². The summed E-state index contributed by atoms with van der Waals surface area (Å²) in [6, 6.07) is 4.93. The quantitative estimate of drug-likeness (QED) is 0.835. The molecule has 5 heteroatoms. The molecule has 0 unspecified atom stereocenters. The van der Waals surface area contributed by atoms with Gasteiger partial charge in [0.25, 0.3) is 0 Å². The van der Waals surface area contributed by atoms with E-state index in [9.17, 15) is 9.90 Å². The summed E-state index contributed by atoms with van der Waals surface area (Å²) in [5.41, 5.74) is 0.889. The fraction of sp³-hybridized carbons (Fsp3) is 0.462. The molecule has 0 aliphatic heterocycles. The van der Waals surface area contributed by atoms with Crippen molar-refractivity contribution in [3.8, 4) is 5.75 Å². The Balaban J connectivity index is 2.74. The molecular weight excluding hydrogens is 254 g/mol.